The first-order chi connectivity index (χ1) is 9.80. The fourth-order valence-corrected chi connectivity index (χ4v) is 2.69. The van der Waals surface area contributed by atoms with E-state index >= 15 is 0 Å². The molecule has 1 aliphatic rings. The summed E-state index contributed by atoms with van der Waals surface area (Å²) in [5.41, 5.74) is 1.03. The Morgan fingerprint density at radius 1 is 1.10 bits per heavy atom. The van der Waals surface area contributed by atoms with Crippen LogP contribution in [0.15, 0.2) is 30.3 Å². The Labute approximate surface area is 120 Å². The van der Waals surface area contributed by atoms with E-state index in [0.29, 0.717) is 0 Å². The van der Waals surface area contributed by atoms with Crippen molar-refractivity contribution in [3.63, 3.8) is 0 Å². The van der Waals surface area contributed by atoms with Crippen LogP contribution >= 0.6 is 0 Å². The first kappa shape index (κ1) is 13.2. The molecular formula is C16H21N3O. The lowest BCUT2D eigenvalue weighted by Gasteiger charge is -2.34. The average molecular weight is 271 g/mol. The van der Waals surface area contributed by atoms with Crippen LogP contribution in [0.25, 0.3) is 10.9 Å². The number of anilines is 1. The number of ether oxygens (including phenoxy) is 1. The van der Waals surface area contributed by atoms with Crippen LogP contribution < -0.4 is 9.64 Å². The molecule has 1 aromatic heterocycles. The highest BCUT2D eigenvalue weighted by Gasteiger charge is 2.16. The second-order valence-electron chi connectivity index (χ2n) is 5.15. The fraction of sp³-hybridized carbons (Fsp3) is 0.438. The predicted molar refractivity (Wildman–Crippen MR) is 82.6 cm³/mol. The second-order valence-corrected chi connectivity index (χ2v) is 5.15. The summed E-state index contributed by atoms with van der Waals surface area (Å²) in [7, 11) is 1.69. The number of piperazine rings is 1. The van der Waals surface area contributed by atoms with Crippen LogP contribution in [0.2, 0.25) is 0 Å². The van der Waals surface area contributed by atoms with Crippen LogP contribution in [-0.4, -0.2) is 49.7 Å². The molecule has 2 heterocycles. The zero-order valence-electron chi connectivity index (χ0n) is 12.2. The summed E-state index contributed by atoms with van der Waals surface area (Å²) in [6, 6.07) is 10.3. The molecule has 1 aliphatic heterocycles. The molecule has 2 aromatic rings. The Kier molecular flexibility index (Phi) is 3.74. The minimum absolute atomic E-state index is 0.878. The average Bonchev–Trinajstić information content (AvgIpc) is 2.54. The maximum atomic E-state index is 5.25. The van der Waals surface area contributed by atoms with E-state index in [2.05, 4.69) is 28.9 Å². The van der Waals surface area contributed by atoms with Crippen molar-refractivity contribution in [2.45, 2.75) is 6.92 Å². The van der Waals surface area contributed by atoms with Crippen LogP contribution in [0.3, 0.4) is 0 Å². The van der Waals surface area contributed by atoms with Gasteiger partial charge in [0.25, 0.3) is 0 Å². The molecule has 0 unspecified atom stereocenters. The second kappa shape index (κ2) is 5.67. The molecule has 1 fully saturated rings. The number of methoxy groups -OCH3 is 1. The molecule has 0 spiro atoms. The molecule has 106 valence electrons. The lowest BCUT2D eigenvalue weighted by molar-refractivity contribution is 0.270. The SMILES string of the molecule is CCN1CCN(c2ccc3cc(OC)ccc3n2)CC1. The van der Waals surface area contributed by atoms with Crippen molar-refractivity contribution in [2.75, 3.05) is 44.7 Å². The number of aromatic nitrogens is 1. The van der Waals surface area contributed by atoms with Gasteiger partial charge < -0.3 is 14.5 Å². The minimum Gasteiger partial charge on any atom is -0.497 e. The van der Waals surface area contributed by atoms with Crippen molar-refractivity contribution in [3.05, 3.63) is 30.3 Å². The normalized spacial score (nSPS) is 16.6. The van der Waals surface area contributed by atoms with E-state index in [-0.39, 0.29) is 0 Å². The predicted octanol–water partition coefficient (Wildman–Crippen LogP) is 2.39. The summed E-state index contributed by atoms with van der Waals surface area (Å²) in [5, 5.41) is 1.13. The highest BCUT2D eigenvalue weighted by molar-refractivity contribution is 5.81. The molecule has 0 radical (unpaired) electrons. The molecule has 0 amide bonds. The van der Waals surface area contributed by atoms with Gasteiger partial charge in [-0.3, -0.25) is 0 Å². The van der Waals surface area contributed by atoms with E-state index < -0.39 is 0 Å². The van der Waals surface area contributed by atoms with Gasteiger partial charge in [-0.15, -0.1) is 0 Å². The van der Waals surface area contributed by atoms with Gasteiger partial charge in [0.1, 0.15) is 11.6 Å². The molecule has 4 heteroatoms. The quantitative estimate of drug-likeness (QED) is 0.857. The monoisotopic (exact) mass is 271 g/mol. The van der Waals surface area contributed by atoms with Gasteiger partial charge in [-0.2, -0.15) is 0 Å². The van der Waals surface area contributed by atoms with Crippen LogP contribution in [0.5, 0.6) is 5.75 Å². The standard InChI is InChI=1S/C16H21N3O/c1-3-18-8-10-19(11-9-18)16-7-4-13-12-14(20-2)5-6-15(13)17-16/h4-7,12H,3,8-11H2,1-2H3. The highest BCUT2D eigenvalue weighted by Crippen LogP contribution is 2.23. The molecule has 0 aliphatic carbocycles. The molecule has 4 nitrogen and oxygen atoms in total. The van der Waals surface area contributed by atoms with Gasteiger partial charge >= 0.3 is 0 Å². The molecule has 0 saturated carbocycles. The van der Waals surface area contributed by atoms with Gasteiger partial charge in [-0.25, -0.2) is 4.98 Å². The maximum Gasteiger partial charge on any atom is 0.129 e. The smallest absolute Gasteiger partial charge is 0.129 e. The highest BCUT2D eigenvalue weighted by atomic mass is 16.5. The summed E-state index contributed by atoms with van der Waals surface area (Å²) in [5.74, 6) is 1.96. The van der Waals surface area contributed by atoms with Crippen LogP contribution in [0, 0.1) is 0 Å². The van der Waals surface area contributed by atoms with Crippen molar-refractivity contribution in [3.8, 4) is 5.75 Å². The minimum atomic E-state index is 0.878. The van der Waals surface area contributed by atoms with Gasteiger partial charge in [0.2, 0.25) is 0 Å². The Morgan fingerprint density at radius 2 is 1.90 bits per heavy atom. The van der Waals surface area contributed by atoms with Crippen molar-refractivity contribution in [1.82, 2.24) is 9.88 Å². The first-order valence-corrected chi connectivity index (χ1v) is 7.22. The van der Waals surface area contributed by atoms with Crippen molar-refractivity contribution < 1.29 is 4.74 Å². The van der Waals surface area contributed by atoms with E-state index in [0.717, 1.165) is 55.2 Å². The lowest BCUT2D eigenvalue weighted by atomic mass is 10.2. The summed E-state index contributed by atoms with van der Waals surface area (Å²) in [6.07, 6.45) is 0. The van der Waals surface area contributed by atoms with Gasteiger partial charge in [0, 0.05) is 31.6 Å². The van der Waals surface area contributed by atoms with Crippen LogP contribution in [0.1, 0.15) is 6.92 Å². The molecule has 0 N–H and O–H groups in total. The van der Waals surface area contributed by atoms with E-state index in [4.69, 9.17) is 9.72 Å². The zero-order chi connectivity index (χ0) is 13.9. The third kappa shape index (κ3) is 2.56. The molecule has 20 heavy (non-hydrogen) atoms. The molecule has 0 bridgehead atoms. The summed E-state index contributed by atoms with van der Waals surface area (Å²) in [6.45, 7) is 7.72. The number of likely N-dealkylation sites (N-methyl/N-ethyl adjacent to an activating group) is 1. The van der Waals surface area contributed by atoms with Crippen LogP contribution in [0.4, 0.5) is 5.82 Å². The number of pyridine rings is 1. The summed E-state index contributed by atoms with van der Waals surface area (Å²) in [4.78, 5) is 9.62. The maximum absolute atomic E-state index is 5.25. The Bertz CT molecular complexity index is 591. The number of rotatable bonds is 3. The number of hydrogen-bond acceptors (Lipinski definition) is 4. The zero-order valence-corrected chi connectivity index (χ0v) is 12.2. The topological polar surface area (TPSA) is 28.6 Å². The summed E-state index contributed by atoms with van der Waals surface area (Å²) < 4.78 is 5.25. The largest absolute Gasteiger partial charge is 0.497 e. The van der Waals surface area contributed by atoms with E-state index in [1.807, 2.05) is 18.2 Å². The Balaban J connectivity index is 1.82. The lowest BCUT2D eigenvalue weighted by Crippen LogP contribution is -2.46. The van der Waals surface area contributed by atoms with E-state index in [1.165, 1.54) is 0 Å². The van der Waals surface area contributed by atoms with Crippen molar-refractivity contribution >= 4 is 16.7 Å². The fourth-order valence-electron chi connectivity index (χ4n) is 2.69. The van der Waals surface area contributed by atoms with E-state index in [1.54, 1.807) is 7.11 Å². The summed E-state index contributed by atoms with van der Waals surface area (Å²) >= 11 is 0. The molecule has 3 rings (SSSR count). The van der Waals surface area contributed by atoms with Crippen LogP contribution in [-0.2, 0) is 0 Å². The number of fused-ring (bicyclic) bond motifs is 1. The molecule has 1 saturated heterocycles. The van der Waals surface area contributed by atoms with Gasteiger partial charge in [-0.05, 0) is 36.9 Å². The number of hydrogen-bond donors (Lipinski definition) is 0. The van der Waals surface area contributed by atoms with Gasteiger partial charge in [-0.1, -0.05) is 6.92 Å². The molecule has 1 aromatic carbocycles. The van der Waals surface area contributed by atoms with Gasteiger partial charge in [0.05, 0.1) is 12.6 Å². The first-order valence-electron chi connectivity index (χ1n) is 7.22. The number of benzene rings is 1. The van der Waals surface area contributed by atoms with Crippen molar-refractivity contribution in [1.29, 1.82) is 0 Å². The molecular weight excluding hydrogens is 250 g/mol. The Hall–Kier alpha value is -1.81. The third-order valence-electron chi connectivity index (χ3n) is 4.03. The Morgan fingerprint density at radius 3 is 2.60 bits per heavy atom. The van der Waals surface area contributed by atoms with Crippen molar-refractivity contribution in [2.24, 2.45) is 0 Å². The van der Waals surface area contributed by atoms with E-state index in [9.17, 15) is 0 Å². The number of nitrogens with zero attached hydrogens (tertiary/aromatic N) is 3. The van der Waals surface area contributed by atoms with Gasteiger partial charge in [0.15, 0.2) is 0 Å². The third-order valence-corrected chi connectivity index (χ3v) is 4.03. The molecule has 0 atom stereocenters.